The number of benzene rings is 2. The first-order chi connectivity index (χ1) is 14.8. The van der Waals surface area contributed by atoms with Crippen LogP contribution in [0.5, 0.6) is 17.2 Å². The van der Waals surface area contributed by atoms with Gasteiger partial charge in [-0.15, -0.1) is 0 Å². The maximum atomic E-state index is 13.6. The largest absolute Gasteiger partial charge is 0.493 e. The van der Waals surface area contributed by atoms with E-state index in [4.69, 9.17) is 26.4 Å². The molecule has 1 aliphatic rings. The van der Waals surface area contributed by atoms with E-state index in [-0.39, 0.29) is 5.69 Å². The number of anilines is 1. The number of amides is 1. The van der Waals surface area contributed by atoms with Crippen LogP contribution in [0, 0.1) is 11.6 Å². The maximum Gasteiger partial charge on any atom is 0.255 e. The van der Waals surface area contributed by atoms with Crippen molar-refractivity contribution in [1.82, 2.24) is 10.6 Å². The minimum absolute atomic E-state index is 0.112. The number of hydrogen-bond acceptors (Lipinski definition) is 5. The molecule has 164 valence electrons. The summed E-state index contributed by atoms with van der Waals surface area (Å²) in [5.41, 5.74) is 1.53. The predicted molar refractivity (Wildman–Crippen MR) is 115 cm³/mol. The highest BCUT2D eigenvalue weighted by molar-refractivity contribution is 7.80. The summed E-state index contributed by atoms with van der Waals surface area (Å²) in [5, 5.41) is 8.88. The smallest absolute Gasteiger partial charge is 0.255 e. The van der Waals surface area contributed by atoms with Crippen molar-refractivity contribution >= 4 is 28.9 Å². The Morgan fingerprint density at radius 1 is 1.03 bits per heavy atom. The number of carbonyl (C=O) groups is 1. The Balaban J connectivity index is 2.04. The lowest BCUT2D eigenvalue weighted by atomic mass is 9.94. The second-order valence-electron chi connectivity index (χ2n) is 6.61. The van der Waals surface area contributed by atoms with Gasteiger partial charge >= 0.3 is 0 Å². The van der Waals surface area contributed by atoms with Gasteiger partial charge in [0.15, 0.2) is 28.2 Å². The van der Waals surface area contributed by atoms with Crippen LogP contribution in [-0.2, 0) is 4.79 Å². The zero-order valence-corrected chi connectivity index (χ0v) is 18.1. The van der Waals surface area contributed by atoms with Gasteiger partial charge in [0, 0.05) is 17.5 Å². The SMILES string of the molecule is COc1cc([C@H]2NC(=S)NC(C)=C2C(=O)Nc2ccc(F)c(F)c2)cc(OC)c1OC. The lowest BCUT2D eigenvalue weighted by Crippen LogP contribution is -2.45. The molecular weight excluding hydrogens is 428 g/mol. The number of hydrogen-bond donors (Lipinski definition) is 3. The first-order valence-electron chi connectivity index (χ1n) is 9.13. The fraction of sp³-hybridized carbons (Fsp3) is 0.238. The Morgan fingerprint density at radius 2 is 1.68 bits per heavy atom. The number of halogens is 2. The first-order valence-corrected chi connectivity index (χ1v) is 9.54. The normalized spacial score (nSPS) is 15.7. The number of methoxy groups -OCH3 is 3. The van der Waals surface area contributed by atoms with E-state index >= 15 is 0 Å². The van der Waals surface area contributed by atoms with Gasteiger partial charge in [-0.2, -0.15) is 0 Å². The molecule has 1 heterocycles. The molecule has 2 aromatic rings. The lowest BCUT2D eigenvalue weighted by Gasteiger charge is -2.31. The number of allylic oxidation sites excluding steroid dienone is 1. The summed E-state index contributed by atoms with van der Waals surface area (Å²) >= 11 is 5.27. The monoisotopic (exact) mass is 449 g/mol. The van der Waals surface area contributed by atoms with Crippen LogP contribution in [0.2, 0.25) is 0 Å². The number of thiocarbonyl (C=S) groups is 1. The highest BCUT2D eigenvalue weighted by Gasteiger charge is 2.31. The molecule has 0 spiro atoms. The highest BCUT2D eigenvalue weighted by atomic mass is 32.1. The standard InChI is InChI=1S/C21H21F2N3O4S/c1-10-17(20(27)25-12-5-6-13(22)14(23)9-12)18(26-21(31)24-10)11-7-15(28-2)19(30-4)16(8-11)29-3/h5-9,18H,1-4H3,(H,25,27)(H2,24,26,31)/t18-/m1/s1. The van der Waals surface area contributed by atoms with Gasteiger partial charge in [0.25, 0.3) is 5.91 Å². The van der Waals surface area contributed by atoms with E-state index in [1.165, 1.54) is 27.4 Å². The fourth-order valence-corrected chi connectivity index (χ4v) is 3.56. The molecule has 0 saturated carbocycles. The quantitative estimate of drug-likeness (QED) is 0.583. The Morgan fingerprint density at radius 3 is 2.23 bits per heavy atom. The molecule has 31 heavy (non-hydrogen) atoms. The third-order valence-corrected chi connectivity index (χ3v) is 4.93. The second-order valence-corrected chi connectivity index (χ2v) is 7.02. The molecule has 1 amide bonds. The summed E-state index contributed by atoms with van der Waals surface area (Å²) in [7, 11) is 4.46. The number of ether oxygens (including phenoxy) is 3. The molecule has 1 aliphatic heterocycles. The van der Waals surface area contributed by atoms with Gasteiger partial charge in [-0.25, -0.2) is 8.78 Å². The fourth-order valence-electron chi connectivity index (χ4n) is 3.29. The van der Waals surface area contributed by atoms with E-state index in [0.29, 0.717) is 39.2 Å². The van der Waals surface area contributed by atoms with Gasteiger partial charge in [-0.3, -0.25) is 4.79 Å². The minimum atomic E-state index is -1.06. The zero-order chi connectivity index (χ0) is 22.7. The van der Waals surface area contributed by atoms with Crippen LogP contribution < -0.4 is 30.2 Å². The molecule has 3 rings (SSSR count). The minimum Gasteiger partial charge on any atom is -0.493 e. The molecule has 0 saturated heterocycles. The number of rotatable bonds is 6. The van der Waals surface area contributed by atoms with E-state index < -0.39 is 23.6 Å². The summed E-state index contributed by atoms with van der Waals surface area (Å²) in [6.45, 7) is 1.69. The highest BCUT2D eigenvalue weighted by Crippen LogP contribution is 2.41. The van der Waals surface area contributed by atoms with E-state index in [1.54, 1.807) is 19.1 Å². The molecule has 1 atom stereocenters. The van der Waals surface area contributed by atoms with Crippen molar-refractivity contribution < 1.29 is 27.8 Å². The summed E-state index contributed by atoms with van der Waals surface area (Å²) in [4.78, 5) is 13.1. The molecule has 3 N–H and O–H groups in total. The molecule has 7 nitrogen and oxygen atoms in total. The molecule has 0 fully saturated rings. The van der Waals surface area contributed by atoms with Crippen molar-refractivity contribution in [3.05, 3.63) is 58.8 Å². The second kappa shape index (κ2) is 9.17. The number of carbonyl (C=O) groups excluding carboxylic acids is 1. The predicted octanol–water partition coefficient (Wildman–Crippen LogP) is 3.42. The van der Waals surface area contributed by atoms with Crippen molar-refractivity contribution in [3.63, 3.8) is 0 Å². The first kappa shape index (κ1) is 22.3. The van der Waals surface area contributed by atoms with E-state index in [0.717, 1.165) is 12.1 Å². The summed E-state index contributed by atoms with van der Waals surface area (Å²) < 4.78 is 42.9. The van der Waals surface area contributed by atoms with Crippen molar-refractivity contribution in [3.8, 4) is 17.2 Å². The third kappa shape index (κ3) is 4.53. The van der Waals surface area contributed by atoms with Crippen LogP contribution in [0.15, 0.2) is 41.6 Å². The van der Waals surface area contributed by atoms with Gasteiger partial charge < -0.3 is 30.2 Å². The van der Waals surface area contributed by atoms with Crippen LogP contribution in [0.1, 0.15) is 18.5 Å². The Kier molecular flexibility index (Phi) is 6.59. The molecule has 0 bridgehead atoms. The average Bonchev–Trinajstić information content (AvgIpc) is 2.74. The lowest BCUT2D eigenvalue weighted by molar-refractivity contribution is -0.113. The van der Waals surface area contributed by atoms with Crippen LogP contribution in [0.3, 0.4) is 0 Å². The van der Waals surface area contributed by atoms with Crippen LogP contribution in [0.25, 0.3) is 0 Å². The van der Waals surface area contributed by atoms with Crippen molar-refractivity contribution in [2.45, 2.75) is 13.0 Å². The van der Waals surface area contributed by atoms with Gasteiger partial charge in [-0.1, -0.05) is 0 Å². The van der Waals surface area contributed by atoms with Crippen LogP contribution >= 0.6 is 12.2 Å². The summed E-state index contributed by atoms with van der Waals surface area (Å²) in [5.74, 6) is -1.38. The van der Waals surface area contributed by atoms with Crippen molar-refractivity contribution in [2.24, 2.45) is 0 Å². The molecule has 0 aliphatic carbocycles. The Labute approximate surface area is 183 Å². The average molecular weight is 449 g/mol. The molecule has 10 heteroatoms. The van der Waals surface area contributed by atoms with Gasteiger partial charge in [0.1, 0.15) is 0 Å². The number of nitrogens with one attached hydrogen (secondary N) is 3. The van der Waals surface area contributed by atoms with Gasteiger partial charge in [0.05, 0.1) is 32.9 Å². The van der Waals surface area contributed by atoms with E-state index in [2.05, 4.69) is 16.0 Å². The zero-order valence-electron chi connectivity index (χ0n) is 17.3. The molecular formula is C21H21F2N3O4S. The van der Waals surface area contributed by atoms with Gasteiger partial charge in [-0.05, 0) is 49.0 Å². The summed E-state index contributed by atoms with van der Waals surface area (Å²) in [6.07, 6.45) is 0. The van der Waals surface area contributed by atoms with Crippen LogP contribution in [-0.4, -0.2) is 32.3 Å². The van der Waals surface area contributed by atoms with E-state index in [1.807, 2.05) is 0 Å². The Bertz CT molecular complexity index is 1050. The molecule has 0 radical (unpaired) electrons. The molecule has 0 unspecified atom stereocenters. The van der Waals surface area contributed by atoms with Gasteiger partial charge in [0.2, 0.25) is 5.75 Å². The van der Waals surface area contributed by atoms with Crippen molar-refractivity contribution in [2.75, 3.05) is 26.6 Å². The molecule has 0 aromatic heterocycles. The Hall–Kier alpha value is -3.40. The van der Waals surface area contributed by atoms with Crippen LogP contribution in [0.4, 0.5) is 14.5 Å². The molecule has 2 aromatic carbocycles. The van der Waals surface area contributed by atoms with Crippen molar-refractivity contribution in [1.29, 1.82) is 0 Å². The summed E-state index contributed by atoms with van der Waals surface area (Å²) in [6, 6.07) is 5.85. The topological polar surface area (TPSA) is 80.9 Å². The maximum absolute atomic E-state index is 13.6. The van der Waals surface area contributed by atoms with E-state index in [9.17, 15) is 13.6 Å². The third-order valence-electron chi connectivity index (χ3n) is 4.71.